The van der Waals surface area contributed by atoms with Crippen LogP contribution < -0.4 is 11.5 Å². The number of hydrogen-bond acceptors (Lipinski definition) is 8. The average molecular weight is 441 g/mol. The molecule has 0 unspecified atom stereocenters. The lowest BCUT2D eigenvalue weighted by Gasteiger charge is -1.99. The van der Waals surface area contributed by atoms with Crippen LogP contribution in [-0.4, -0.2) is 30.4 Å². The van der Waals surface area contributed by atoms with Crippen molar-refractivity contribution in [2.45, 2.75) is 0 Å². The summed E-state index contributed by atoms with van der Waals surface area (Å²) in [7, 11) is 0. The second kappa shape index (κ2) is 11.0. The molecule has 0 fully saturated rings. The van der Waals surface area contributed by atoms with Crippen molar-refractivity contribution in [2.24, 2.45) is 11.5 Å². The van der Waals surface area contributed by atoms with Crippen molar-refractivity contribution in [3.8, 4) is 35.1 Å². The molecular formula is C20H16N4O4S2. The van der Waals surface area contributed by atoms with E-state index in [4.69, 9.17) is 32.2 Å². The summed E-state index contributed by atoms with van der Waals surface area (Å²) in [4.78, 5) is -0.0184. The van der Waals surface area contributed by atoms with Crippen LogP contribution in [0.5, 0.6) is 23.0 Å². The normalized spacial score (nSPS) is 10.7. The maximum Gasteiger partial charge on any atom is 0.157 e. The first-order valence-electron chi connectivity index (χ1n) is 7.96. The molecule has 2 rings (SSSR count). The maximum absolute atomic E-state index is 9.20. The van der Waals surface area contributed by atoms with Gasteiger partial charge in [0, 0.05) is 0 Å². The summed E-state index contributed by atoms with van der Waals surface area (Å²) in [5.74, 6) is -0.963. The minimum Gasteiger partial charge on any atom is -0.504 e. The average Bonchev–Trinajstić information content (AvgIpc) is 2.69. The first kappa shape index (κ1) is 23.9. The van der Waals surface area contributed by atoms with E-state index in [1.807, 2.05) is 12.1 Å². The molecule has 0 bridgehead atoms. The fraction of sp³-hybridized carbons (Fsp3) is 0. The number of nitrogens with zero attached hydrogens (tertiary/aromatic N) is 2. The van der Waals surface area contributed by atoms with E-state index in [1.165, 1.54) is 48.6 Å². The number of phenols is 4. The van der Waals surface area contributed by atoms with Crippen molar-refractivity contribution >= 4 is 46.6 Å². The number of nitrogens with two attached hydrogens (primary N) is 2. The molecule has 8 nitrogen and oxygen atoms in total. The van der Waals surface area contributed by atoms with Gasteiger partial charge in [0.1, 0.15) is 22.1 Å². The summed E-state index contributed by atoms with van der Waals surface area (Å²) in [6.07, 6.45) is 2.86. The van der Waals surface area contributed by atoms with E-state index in [2.05, 4.69) is 24.4 Å². The molecule has 2 aromatic rings. The van der Waals surface area contributed by atoms with E-state index >= 15 is 0 Å². The third-order valence-electron chi connectivity index (χ3n) is 3.39. The molecule has 0 amide bonds. The Morgan fingerprint density at radius 2 is 1.03 bits per heavy atom. The lowest BCUT2D eigenvalue weighted by molar-refractivity contribution is 0.403. The summed E-state index contributed by atoms with van der Waals surface area (Å²) in [5, 5.41) is 53.9. The SMILES string of the molecule is N#CC(=Cc1ccc(O)c(O)c1)C(N)=S.N#CC(=Cc1ccc(O)c(O)c1)C(N)=S. The van der Waals surface area contributed by atoms with Crippen LogP contribution in [0.1, 0.15) is 11.1 Å². The van der Waals surface area contributed by atoms with Gasteiger partial charge in [-0.2, -0.15) is 10.5 Å². The van der Waals surface area contributed by atoms with E-state index in [0.717, 1.165) is 0 Å². The third-order valence-corrected chi connectivity index (χ3v) is 3.83. The van der Waals surface area contributed by atoms with Gasteiger partial charge in [-0.15, -0.1) is 0 Å². The van der Waals surface area contributed by atoms with Gasteiger partial charge in [0.2, 0.25) is 0 Å². The van der Waals surface area contributed by atoms with Crippen molar-refractivity contribution in [2.75, 3.05) is 0 Å². The van der Waals surface area contributed by atoms with Gasteiger partial charge >= 0.3 is 0 Å². The predicted octanol–water partition coefficient (Wildman–Crippen LogP) is 2.58. The third kappa shape index (κ3) is 7.13. The highest BCUT2D eigenvalue weighted by atomic mass is 32.1. The molecule has 152 valence electrons. The number of phenolic OH excluding ortho intramolecular Hbond substituents is 4. The monoisotopic (exact) mass is 440 g/mol. The van der Waals surface area contributed by atoms with Crippen molar-refractivity contribution in [1.82, 2.24) is 0 Å². The van der Waals surface area contributed by atoms with Gasteiger partial charge in [-0.25, -0.2) is 0 Å². The topological polar surface area (TPSA) is 181 Å². The first-order chi connectivity index (χ1) is 14.1. The van der Waals surface area contributed by atoms with Crippen LogP contribution >= 0.6 is 24.4 Å². The van der Waals surface area contributed by atoms with Crippen molar-refractivity contribution in [3.05, 3.63) is 58.7 Å². The molecule has 8 N–H and O–H groups in total. The largest absolute Gasteiger partial charge is 0.504 e. The first-order valence-corrected chi connectivity index (χ1v) is 8.77. The van der Waals surface area contributed by atoms with Gasteiger partial charge in [-0.05, 0) is 47.5 Å². The van der Waals surface area contributed by atoms with E-state index in [-0.39, 0.29) is 44.1 Å². The highest BCUT2D eigenvalue weighted by Crippen LogP contribution is 2.26. The van der Waals surface area contributed by atoms with Crippen molar-refractivity contribution in [3.63, 3.8) is 0 Å². The molecule has 0 aromatic heterocycles. The highest BCUT2D eigenvalue weighted by molar-refractivity contribution is 7.81. The molecule has 2 aromatic carbocycles. The second-order valence-corrected chi connectivity index (χ2v) is 6.44. The zero-order valence-electron chi connectivity index (χ0n) is 15.3. The van der Waals surface area contributed by atoms with Crippen LogP contribution in [0, 0.1) is 22.7 Å². The zero-order valence-corrected chi connectivity index (χ0v) is 16.9. The van der Waals surface area contributed by atoms with E-state index in [9.17, 15) is 10.2 Å². The number of hydrogen-bond donors (Lipinski definition) is 6. The van der Waals surface area contributed by atoms with E-state index in [0.29, 0.717) is 11.1 Å². The molecule has 0 saturated carbocycles. The lowest BCUT2D eigenvalue weighted by Crippen LogP contribution is -2.09. The molecule has 0 spiro atoms. The molecule has 0 aliphatic carbocycles. The Kier molecular flexibility index (Phi) is 8.79. The number of benzene rings is 2. The van der Waals surface area contributed by atoms with Crippen LogP contribution in [0.25, 0.3) is 12.2 Å². The van der Waals surface area contributed by atoms with Crippen molar-refractivity contribution < 1.29 is 20.4 Å². The standard InChI is InChI=1S/2C10H8N2O2S/c2*11-5-7(10(12)15)3-6-1-2-8(13)9(14)4-6/h2*1-4,13-14H,(H2,12,15). The molecule has 10 heteroatoms. The Hall–Kier alpha value is -4.12. The van der Waals surface area contributed by atoms with Crippen LogP contribution in [0.3, 0.4) is 0 Å². The molecule has 0 aliphatic rings. The van der Waals surface area contributed by atoms with E-state index < -0.39 is 0 Å². The molecule has 30 heavy (non-hydrogen) atoms. The van der Waals surface area contributed by atoms with Gasteiger partial charge in [0.25, 0.3) is 0 Å². The smallest absolute Gasteiger partial charge is 0.157 e. The number of aromatic hydroxyl groups is 4. The quantitative estimate of drug-likeness (QED) is 0.179. The van der Waals surface area contributed by atoms with Crippen LogP contribution in [0.4, 0.5) is 0 Å². The molecule has 0 saturated heterocycles. The molecule has 0 atom stereocenters. The summed E-state index contributed by atoms with van der Waals surface area (Å²) in [5.41, 5.74) is 12.0. The van der Waals surface area contributed by atoms with E-state index in [1.54, 1.807) is 0 Å². The second-order valence-electron chi connectivity index (χ2n) is 5.56. The lowest BCUT2D eigenvalue weighted by atomic mass is 10.1. The van der Waals surface area contributed by atoms with Crippen LogP contribution in [-0.2, 0) is 0 Å². The van der Waals surface area contributed by atoms with Gasteiger partial charge in [0.05, 0.1) is 11.1 Å². The highest BCUT2D eigenvalue weighted by Gasteiger charge is 2.03. The summed E-state index contributed by atoms with van der Waals surface area (Å²) in [6.45, 7) is 0. The Bertz CT molecular complexity index is 1040. The molecule has 0 heterocycles. The van der Waals surface area contributed by atoms with Crippen molar-refractivity contribution in [1.29, 1.82) is 10.5 Å². The molecular weight excluding hydrogens is 424 g/mol. The summed E-state index contributed by atoms with van der Waals surface area (Å²) >= 11 is 9.30. The molecule has 0 aliphatic heterocycles. The minimum atomic E-state index is -0.260. The fourth-order valence-corrected chi connectivity index (χ4v) is 2.12. The van der Waals surface area contributed by atoms with Gasteiger partial charge in [0.15, 0.2) is 23.0 Å². The summed E-state index contributed by atoms with van der Waals surface area (Å²) < 4.78 is 0. The maximum atomic E-state index is 9.20. The van der Waals surface area contributed by atoms with Gasteiger partial charge in [-0.3, -0.25) is 0 Å². The fourth-order valence-electron chi connectivity index (χ4n) is 1.91. The predicted molar refractivity (Wildman–Crippen MR) is 120 cm³/mol. The Morgan fingerprint density at radius 3 is 1.27 bits per heavy atom. The summed E-state index contributed by atoms with van der Waals surface area (Å²) in [6, 6.07) is 12.0. The number of nitriles is 2. The Morgan fingerprint density at radius 1 is 0.700 bits per heavy atom. The van der Waals surface area contributed by atoms with Crippen LogP contribution in [0.2, 0.25) is 0 Å². The Balaban J connectivity index is 0.000000300. The Labute approximate surface area is 182 Å². The number of thiocarbonyl (C=S) groups is 2. The van der Waals surface area contributed by atoms with Gasteiger partial charge < -0.3 is 31.9 Å². The van der Waals surface area contributed by atoms with Crippen LogP contribution in [0.15, 0.2) is 47.5 Å². The van der Waals surface area contributed by atoms with Gasteiger partial charge in [-0.1, -0.05) is 36.6 Å². The zero-order chi connectivity index (χ0) is 22.8. The minimum absolute atomic E-state index is 0.00920. The molecule has 0 radical (unpaired) electrons. The number of rotatable bonds is 4.